The second-order valence-corrected chi connectivity index (χ2v) is 8.32. The molecule has 0 spiro atoms. The molecule has 0 saturated heterocycles. The second-order valence-electron chi connectivity index (χ2n) is 5.95. The average molecular weight is 441 g/mol. The first-order valence-corrected chi connectivity index (χ1v) is 9.78. The highest BCUT2D eigenvalue weighted by Gasteiger charge is 2.22. The van der Waals surface area contributed by atoms with Gasteiger partial charge in [0, 0.05) is 14.4 Å². The van der Waals surface area contributed by atoms with Gasteiger partial charge in [-0.05, 0) is 54.5 Å². The minimum atomic E-state index is -0.190. The number of amides is 1. The molecule has 1 aliphatic carbocycles. The summed E-state index contributed by atoms with van der Waals surface area (Å²) in [7, 11) is 0. The Balaban J connectivity index is 1.78. The molecule has 0 unspecified atom stereocenters. The number of rotatable bonds is 3. The number of hydrogen-bond donors (Lipinski definition) is 2. The molecule has 0 atom stereocenters. The molecule has 1 aromatic carbocycles. The third kappa shape index (κ3) is 3.68. The Hall–Kier alpha value is -1.15. The molecule has 1 aromatic heterocycles. The van der Waals surface area contributed by atoms with E-state index in [1.165, 1.54) is 42.7 Å². The predicted octanol–water partition coefficient (Wildman–Crippen LogP) is 4.94. The molecular formula is C17H20IN3OS. The predicted molar refractivity (Wildman–Crippen MR) is 104 cm³/mol. The van der Waals surface area contributed by atoms with Gasteiger partial charge in [-0.25, -0.2) is 4.98 Å². The summed E-state index contributed by atoms with van der Waals surface area (Å²) < 4.78 is 0.883. The highest BCUT2D eigenvalue weighted by molar-refractivity contribution is 14.1. The van der Waals surface area contributed by atoms with E-state index < -0.39 is 0 Å². The van der Waals surface area contributed by atoms with Gasteiger partial charge < -0.3 is 5.73 Å². The first kappa shape index (κ1) is 16.7. The van der Waals surface area contributed by atoms with Crippen LogP contribution in [0.15, 0.2) is 18.2 Å². The van der Waals surface area contributed by atoms with Crippen LogP contribution in [0.25, 0.3) is 0 Å². The third-order valence-corrected chi connectivity index (χ3v) is 6.19. The van der Waals surface area contributed by atoms with Crippen LogP contribution in [0.1, 0.15) is 59.0 Å². The summed E-state index contributed by atoms with van der Waals surface area (Å²) in [6.07, 6.45) is 6.31. The van der Waals surface area contributed by atoms with E-state index in [1.807, 2.05) is 12.1 Å². The number of carbonyl (C=O) groups is 1. The lowest BCUT2D eigenvalue weighted by atomic mass is 9.87. The molecule has 1 heterocycles. The molecule has 3 N–H and O–H groups in total. The number of hydrogen-bond acceptors (Lipinski definition) is 4. The summed E-state index contributed by atoms with van der Waals surface area (Å²) in [5.74, 6) is 0.360. The lowest BCUT2D eigenvalue weighted by Crippen LogP contribution is -2.14. The van der Waals surface area contributed by atoms with E-state index in [-0.39, 0.29) is 5.91 Å². The molecular weight excluding hydrogens is 421 g/mol. The number of nitrogens with two attached hydrogens (primary N) is 1. The van der Waals surface area contributed by atoms with Gasteiger partial charge in [0.25, 0.3) is 5.91 Å². The van der Waals surface area contributed by atoms with Crippen molar-refractivity contribution in [2.75, 3.05) is 11.1 Å². The van der Waals surface area contributed by atoms with Crippen molar-refractivity contribution in [2.45, 2.75) is 44.9 Å². The zero-order chi connectivity index (χ0) is 16.4. The van der Waals surface area contributed by atoms with Crippen molar-refractivity contribution in [3.05, 3.63) is 37.9 Å². The topological polar surface area (TPSA) is 68.0 Å². The molecule has 23 heavy (non-hydrogen) atoms. The van der Waals surface area contributed by atoms with Gasteiger partial charge in [0.05, 0.1) is 16.9 Å². The van der Waals surface area contributed by atoms with Crippen molar-refractivity contribution in [1.82, 2.24) is 4.98 Å². The normalized spacial score (nSPS) is 15.6. The number of halogens is 1. The highest BCUT2D eigenvalue weighted by Crippen LogP contribution is 2.37. The van der Waals surface area contributed by atoms with Crippen molar-refractivity contribution in [3.63, 3.8) is 0 Å². The fraction of sp³-hybridized carbons (Fsp3) is 0.412. The van der Waals surface area contributed by atoms with Crippen LogP contribution in [0.4, 0.5) is 10.8 Å². The Labute approximate surface area is 154 Å². The van der Waals surface area contributed by atoms with E-state index in [1.54, 1.807) is 17.4 Å². The van der Waals surface area contributed by atoms with Gasteiger partial charge in [0.1, 0.15) is 0 Å². The number of anilines is 2. The number of benzene rings is 1. The summed E-state index contributed by atoms with van der Waals surface area (Å²) >= 11 is 3.69. The number of nitrogen functional groups attached to an aromatic ring is 1. The number of nitrogens with one attached hydrogen (secondary N) is 1. The summed E-state index contributed by atoms with van der Waals surface area (Å²) in [6, 6.07) is 5.48. The van der Waals surface area contributed by atoms with Gasteiger partial charge in [-0.1, -0.05) is 25.3 Å². The highest BCUT2D eigenvalue weighted by atomic mass is 127. The molecule has 1 aliphatic rings. The minimum absolute atomic E-state index is 0.190. The molecule has 1 fully saturated rings. The summed E-state index contributed by atoms with van der Waals surface area (Å²) in [5, 5.41) is 3.58. The van der Waals surface area contributed by atoms with E-state index in [0.717, 1.165) is 3.57 Å². The number of para-hydroxylation sites is 1. The lowest BCUT2D eigenvalue weighted by Gasteiger charge is -2.20. The molecule has 0 radical (unpaired) electrons. The third-order valence-electron chi connectivity index (χ3n) is 4.34. The summed E-state index contributed by atoms with van der Waals surface area (Å²) in [4.78, 5) is 18.4. The number of nitrogens with zero attached hydrogens (tertiary/aromatic N) is 1. The van der Waals surface area contributed by atoms with Gasteiger partial charge >= 0.3 is 0 Å². The Bertz CT molecular complexity index is 723. The fourth-order valence-corrected chi connectivity index (χ4v) is 4.51. The molecule has 122 valence electrons. The van der Waals surface area contributed by atoms with Gasteiger partial charge in [-0.2, -0.15) is 0 Å². The van der Waals surface area contributed by atoms with Gasteiger partial charge in [-0.3, -0.25) is 10.1 Å². The minimum Gasteiger partial charge on any atom is -0.397 e. The maximum absolute atomic E-state index is 12.5. The smallest absolute Gasteiger partial charge is 0.259 e. The molecule has 0 aliphatic heterocycles. The maximum Gasteiger partial charge on any atom is 0.259 e. The standard InChI is InChI=1S/C17H20IN3OS/c1-10-15(11-6-3-2-4-7-11)20-17(23-10)21-16(22)12-8-5-9-13(18)14(12)19/h5,8-9,11H,2-4,6-7,19H2,1H3,(H,20,21,22). The Morgan fingerprint density at radius 2 is 2.09 bits per heavy atom. The SMILES string of the molecule is Cc1sc(NC(=O)c2cccc(I)c2N)nc1C1CCCCC1. The van der Waals surface area contributed by atoms with Gasteiger partial charge in [0.15, 0.2) is 5.13 Å². The summed E-state index contributed by atoms with van der Waals surface area (Å²) in [6.45, 7) is 2.09. The zero-order valence-electron chi connectivity index (χ0n) is 13.1. The van der Waals surface area contributed by atoms with Crippen LogP contribution in [0.5, 0.6) is 0 Å². The van der Waals surface area contributed by atoms with Crippen LogP contribution < -0.4 is 11.1 Å². The fourth-order valence-electron chi connectivity index (χ4n) is 3.12. The van der Waals surface area contributed by atoms with Crippen molar-refractivity contribution < 1.29 is 4.79 Å². The molecule has 1 saturated carbocycles. The molecule has 4 nitrogen and oxygen atoms in total. The van der Waals surface area contributed by atoms with Crippen LogP contribution in [0, 0.1) is 10.5 Å². The van der Waals surface area contributed by atoms with Crippen LogP contribution in [-0.2, 0) is 0 Å². The van der Waals surface area contributed by atoms with Crippen molar-refractivity contribution >= 4 is 50.7 Å². The van der Waals surface area contributed by atoms with Crippen LogP contribution >= 0.6 is 33.9 Å². The maximum atomic E-state index is 12.5. The summed E-state index contributed by atoms with van der Waals surface area (Å²) in [5.41, 5.74) is 8.19. The van der Waals surface area contributed by atoms with Gasteiger partial charge in [-0.15, -0.1) is 11.3 Å². The molecule has 2 aromatic rings. The molecule has 3 rings (SSSR count). The second kappa shape index (κ2) is 7.17. The van der Waals surface area contributed by atoms with E-state index in [9.17, 15) is 4.79 Å². The molecule has 1 amide bonds. The van der Waals surface area contributed by atoms with E-state index in [0.29, 0.717) is 22.3 Å². The first-order valence-electron chi connectivity index (χ1n) is 7.89. The van der Waals surface area contributed by atoms with Crippen LogP contribution in [0.2, 0.25) is 0 Å². The largest absolute Gasteiger partial charge is 0.397 e. The zero-order valence-corrected chi connectivity index (χ0v) is 16.0. The van der Waals surface area contributed by atoms with E-state index >= 15 is 0 Å². The molecule has 0 bridgehead atoms. The van der Waals surface area contributed by atoms with Gasteiger partial charge in [0.2, 0.25) is 0 Å². The lowest BCUT2D eigenvalue weighted by molar-refractivity contribution is 0.102. The van der Waals surface area contributed by atoms with Crippen molar-refractivity contribution in [1.29, 1.82) is 0 Å². The quantitative estimate of drug-likeness (QED) is 0.524. The van der Waals surface area contributed by atoms with Crippen LogP contribution in [-0.4, -0.2) is 10.9 Å². The van der Waals surface area contributed by atoms with Crippen molar-refractivity contribution in [2.24, 2.45) is 0 Å². The van der Waals surface area contributed by atoms with Crippen molar-refractivity contribution in [3.8, 4) is 0 Å². The Morgan fingerprint density at radius 3 is 2.83 bits per heavy atom. The van der Waals surface area contributed by atoms with E-state index in [2.05, 4.69) is 34.8 Å². The average Bonchev–Trinajstić information content (AvgIpc) is 2.91. The Morgan fingerprint density at radius 1 is 1.35 bits per heavy atom. The molecule has 6 heteroatoms. The number of carbonyl (C=O) groups excluding carboxylic acids is 1. The first-order chi connectivity index (χ1) is 11.1. The number of aromatic nitrogens is 1. The van der Waals surface area contributed by atoms with E-state index in [4.69, 9.17) is 10.7 Å². The monoisotopic (exact) mass is 441 g/mol. The number of thiazole rings is 1. The van der Waals surface area contributed by atoms with Crippen LogP contribution in [0.3, 0.4) is 0 Å². The Kier molecular flexibility index (Phi) is 5.21. The number of aryl methyl sites for hydroxylation is 1.